The van der Waals surface area contributed by atoms with Crippen molar-refractivity contribution in [2.75, 3.05) is 46.8 Å². The zero-order valence-corrected chi connectivity index (χ0v) is 21.7. The lowest BCUT2D eigenvalue weighted by Gasteiger charge is -2.32. The van der Waals surface area contributed by atoms with Gasteiger partial charge in [-0.1, -0.05) is 31.5 Å². The van der Waals surface area contributed by atoms with Crippen LogP contribution in [-0.4, -0.2) is 73.7 Å². The Morgan fingerprint density at radius 3 is 2.46 bits per heavy atom. The van der Waals surface area contributed by atoms with Gasteiger partial charge in [0.1, 0.15) is 5.75 Å². The number of likely N-dealkylation sites (N-methyl/N-ethyl adjacent to an activating group) is 1. The predicted octanol–water partition coefficient (Wildman–Crippen LogP) is 4.52. The molecule has 0 bridgehead atoms. The molecule has 0 radical (unpaired) electrons. The molecule has 9 nitrogen and oxygen atoms in total. The van der Waals surface area contributed by atoms with Crippen LogP contribution in [0.1, 0.15) is 49.8 Å². The molecule has 1 N–H and O–H groups in total. The van der Waals surface area contributed by atoms with Crippen molar-refractivity contribution in [2.24, 2.45) is 5.92 Å². The lowest BCUT2D eigenvalue weighted by Crippen LogP contribution is -2.45. The number of carbonyl (C=O) groups is 2. The van der Waals surface area contributed by atoms with E-state index in [4.69, 9.17) is 18.9 Å². The van der Waals surface area contributed by atoms with Crippen LogP contribution in [-0.2, 0) is 9.53 Å². The molecular weight excluding hydrogens is 476 g/mol. The summed E-state index contributed by atoms with van der Waals surface area (Å²) in [5, 5.41) is 10.4. The Morgan fingerprint density at radius 2 is 1.78 bits per heavy atom. The summed E-state index contributed by atoms with van der Waals surface area (Å²) in [6, 6.07) is 11.9. The van der Waals surface area contributed by atoms with Crippen LogP contribution >= 0.6 is 0 Å². The van der Waals surface area contributed by atoms with Crippen LogP contribution in [0.5, 0.6) is 17.2 Å². The third-order valence-corrected chi connectivity index (χ3v) is 7.12. The molecule has 2 amide bonds. The average Bonchev–Trinajstić information content (AvgIpc) is 3.55. The molecule has 37 heavy (non-hydrogen) atoms. The van der Waals surface area contributed by atoms with Gasteiger partial charge in [0.15, 0.2) is 11.5 Å². The molecule has 0 saturated carbocycles. The third-order valence-electron chi connectivity index (χ3n) is 7.12. The highest BCUT2D eigenvalue weighted by atomic mass is 16.7. The summed E-state index contributed by atoms with van der Waals surface area (Å²) in [6.45, 7) is 6.46. The van der Waals surface area contributed by atoms with Gasteiger partial charge in [-0.3, -0.25) is 4.79 Å². The molecule has 9 heteroatoms. The van der Waals surface area contributed by atoms with E-state index in [9.17, 15) is 14.7 Å². The highest BCUT2D eigenvalue weighted by Crippen LogP contribution is 2.48. The number of carbonyl (C=O) groups excluding carboxylic acids is 1. The van der Waals surface area contributed by atoms with Crippen molar-refractivity contribution in [3.8, 4) is 17.2 Å². The molecule has 2 aromatic carbocycles. The monoisotopic (exact) mass is 512 g/mol. The molecule has 2 aliphatic rings. The predicted molar refractivity (Wildman–Crippen MR) is 137 cm³/mol. The first-order valence-electron chi connectivity index (χ1n) is 12.9. The molecule has 0 aromatic heterocycles. The van der Waals surface area contributed by atoms with Gasteiger partial charge in [0.05, 0.1) is 25.7 Å². The number of unbranched alkanes of at least 4 members (excludes halogenated alkanes) is 1. The summed E-state index contributed by atoms with van der Waals surface area (Å²) in [4.78, 5) is 30.0. The number of hydrogen-bond acceptors (Lipinski definition) is 6. The van der Waals surface area contributed by atoms with E-state index in [1.165, 1.54) is 0 Å². The Balaban J connectivity index is 1.66. The lowest BCUT2D eigenvalue weighted by molar-refractivity contribution is -0.143. The second kappa shape index (κ2) is 12.2. The molecule has 4 rings (SSSR count). The molecule has 2 aliphatic heterocycles. The van der Waals surface area contributed by atoms with Gasteiger partial charge in [-0.25, -0.2) is 4.79 Å². The summed E-state index contributed by atoms with van der Waals surface area (Å²) in [5.41, 5.74) is 1.55. The Hall–Kier alpha value is -3.46. The zero-order valence-electron chi connectivity index (χ0n) is 21.7. The van der Waals surface area contributed by atoms with Gasteiger partial charge in [-0.2, -0.15) is 0 Å². The minimum absolute atomic E-state index is 0.136. The Labute approximate surface area is 217 Å². The smallest absolute Gasteiger partial charge is 0.320 e. The number of fused-ring (bicyclic) bond motifs is 1. The maximum atomic E-state index is 13.9. The van der Waals surface area contributed by atoms with Crippen molar-refractivity contribution in [1.29, 1.82) is 0 Å². The summed E-state index contributed by atoms with van der Waals surface area (Å²) in [6.07, 6.45) is 2.02. The molecule has 2 aromatic rings. The van der Waals surface area contributed by atoms with E-state index in [1.54, 1.807) is 35.1 Å². The minimum atomic E-state index is -0.954. The molecule has 200 valence electrons. The number of benzene rings is 2. The van der Waals surface area contributed by atoms with Crippen LogP contribution in [0.15, 0.2) is 42.5 Å². The normalized spacial score (nSPS) is 20.2. The highest BCUT2D eigenvalue weighted by Gasteiger charge is 2.50. The Bertz CT molecular complexity index is 1070. The van der Waals surface area contributed by atoms with Crippen LogP contribution < -0.4 is 14.2 Å². The number of hydrogen-bond donors (Lipinski definition) is 1. The minimum Gasteiger partial charge on any atom is -0.497 e. The van der Waals surface area contributed by atoms with Crippen molar-refractivity contribution >= 4 is 12.0 Å². The average molecular weight is 513 g/mol. The summed E-state index contributed by atoms with van der Waals surface area (Å²) < 4.78 is 22.0. The van der Waals surface area contributed by atoms with E-state index in [-0.39, 0.29) is 19.4 Å². The van der Waals surface area contributed by atoms with E-state index in [0.29, 0.717) is 43.6 Å². The van der Waals surface area contributed by atoms with Gasteiger partial charge in [0.25, 0.3) is 0 Å². The number of carboxylic acid groups (broad SMARTS) is 1. The molecule has 0 aliphatic carbocycles. The number of methoxy groups -OCH3 is 1. The SMILES string of the molecule is CCCCOCCN(CC)C(=O)N1C[C@H](c2ccc3c(c2)OCO3)[C@H](C(=O)O)[C@H]1c1ccc(OC)cc1. The molecule has 1 saturated heterocycles. The van der Waals surface area contributed by atoms with Gasteiger partial charge < -0.3 is 33.9 Å². The zero-order chi connectivity index (χ0) is 26.4. The second-order valence-electron chi connectivity index (χ2n) is 9.28. The molecule has 1 fully saturated rings. The second-order valence-corrected chi connectivity index (χ2v) is 9.28. The number of carboxylic acids is 1. The van der Waals surface area contributed by atoms with Crippen molar-refractivity contribution in [3.63, 3.8) is 0 Å². The summed E-state index contributed by atoms with van der Waals surface area (Å²) in [7, 11) is 1.58. The number of ether oxygens (including phenoxy) is 4. The first kappa shape index (κ1) is 26.6. The fourth-order valence-corrected chi connectivity index (χ4v) is 5.10. The topological polar surface area (TPSA) is 97.8 Å². The molecular formula is C28H36N2O7. The molecule has 0 spiro atoms. The van der Waals surface area contributed by atoms with Crippen LogP contribution in [0.3, 0.4) is 0 Å². The number of likely N-dealkylation sites (tertiary alicyclic amines) is 1. The Kier molecular flexibility index (Phi) is 8.76. The molecule has 0 unspecified atom stereocenters. The maximum Gasteiger partial charge on any atom is 0.320 e. The highest BCUT2D eigenvalue weighted by molar-refractivity contribution is 5.80. The van der Waals surface area contributed by atoms with Crippen molar-refractivity contribution < 1.29 is 33.6 Å². The molecule has 2 heterocycles. The largest absolute Gasteiger partial charge is 0.497 e. The van der Waals surface area contributed by atoms with Crippen LogP contribution in [0.4, 0.5) is 4.79 Å². The van der Waals surface area contributed by atoms with Crippen molar-refractivity contribution in [3.05, 3.63) is 53.6 Å². The Morgan fingerprint density at radius 1 is 1.05 bits per heavy atom. The first-order valence-corrected chi connectivity index (χ1v) is 12.9. The fourth-order valence-electron chi connectivity index (χ4n) is 5.10. The maximum absolute atomic E-state index is 13.9. The number of urea groups is 1. The van der Waals surface area contributed by atoms with Gasteiger partial charge >= 0.3 is 12.0 Å². The van der Waals surface area contributed by atoms with Crippen LogP contribution in [0.2, 0.25) is 0 Å². The third kappa shape index (κ3) is 5.77. The summed E-state index contributed by atoms with van der Waals surface area (Å²) >= 11 is 0. The van der Waals surface area contributed by atoms with E-state index in [2.05, 4.69) is 6.92 Å². The van der Waals surface area contributed by atoms with Gasteiger partial charge in [0, 0.05) is 32.2 Å². The number of amides is 2. The number of nitrogens with zero attached hydrogens (tertiary/aromatic N) is 2. The van der Waals surface area contributed by atoms with E-state index >= 15 is 0 Å². The number of aliphatic carboxylic acids is 1. The van der Waals surface area contributed by atoms with E-state index in [0.717, 1.165) is 24.0 Å². The van der Waals surface area contributed by atoms with Gasteiger partial charge in [-0.15, -0.1) is 0 Å². The summed E-state index contributed by atoms with van der Waals surface area (Å²) in [5.74, 6) is -0.344. The van der Waals surface area contributed by atoms with Gasteiger partial charge in [-0.05, 0) is 48.7 Å². The van der Waals surface area contributed by atoms with Crippen molar-refractivity contribution in [1.82, 2.24) is 9.80 Å². The van der Waals surface area contributed by atoms with Crippen molar-refractivity contribution in [2.45, 2.75) is 38.6 Å². The van der Waals surface area contributed by atoms with Crippen LogP contribution in [0, 0.1) is 5.92 Å². The van der Waals surface area contributed by atoms with Crippen LogP contribution in [0.25, 0.3) is 0 Å². The quantitative estimate of drug-likeness (QED) is 0.442. The van der Waals surface area contributed by atoms with E-state index < -0.39 is 23.8 Å². The first-order chi connectivity index (χ1) is 18.0. The standard InChI is InChI=1S/C28H36N2O7/c1-4-6-14-35-15-13-29(5-2)28(33)30-17-22(20-9-12-23-24(16-20)37-18-36-23)25(27(31)32)26(30)19-7-10-21(34-3)11-8-19/h7-12,16,22,25-26H,4-6,13-15,17-18H2,1-3H3,(H,31,32)/t22-,25+,26-/m1/s1. The lowest BCUT2D eigenvalue weighted by atomic mass is 9.83. The fraction of sp³-hybridized carbons (Fsp3) is 0.500. The molecule has 3 atom stereocenters. The number of rotatable bonds is 11. The van der Waals surface area contributed by atoms with E-state index in [1.807, 2.05) is 31.2 Å². The van der Waals surface area contributed by atoms with Gasteiger partial charge in [0.2, 0.25) is 6.79 Å².